The maximum Gasteiger partial charge on any atom is 0.251 e. The standard InChI is InChI=1S/C21H25FN2O2/c1-14(2)20(16-7-9-18(22)10-8-16)24-19(25)11-12-23-21(26)17-6-4-5-15(3)13-17/h4-10,13-14,20H,11-12H2,1-3H3,(H,23,26)(H,24,25). The molecule has 26 heavy (non-hydrogen) atoms. The molecule has 0 aliphatic carbocycles. The second-order valence-corrected chi connectivity index (χ2v) is 6.72. The van der Waals surface area contributed by atoms with Gasteiger partial charge in [0.1, 0.15) is 5.82 Å². The van der Waals surface area contributed by atoms with E-state index in [2.05, 4.69) is 10.6 Å². The van der Waals surface area contributed by atoms with Gasteiger partial charge in [0, 0.05) is 18.5 Å². The van der Waals surface area contributed by atoms with Gasteiger partial charge in [-0.15, -0.1) is 0 Å². The second kappa shape index (κ2) is 9.13. The lowest BCUT2D eigenvalue weighted by molar-refractivity contribution is -0.122. The van der Waals surface area contributed by atoms with Crippen LogP contribution in [0.2, 0.25) is 0 Å². The summed E-state index contributed by atoms with van der Waals surface area (Å²) in [6, 6.07) is 13.2. The number of amides is 2. The van der Waals surface area contributed by atoms with Gasteiger partial charge in [-0.1, -0.05) is 43.7 Å². The van der Waals surface area contributed by atoms with Gasteiger partial charge in [0.15, 0.2) is 0 Å². The Bertz CT molecular complexity index is 757. The van der Waals surface area contributed by atoms with Gasteiger partial charge in [0.25, 0.3) is 5.91 Å². The minimum absolute atomic E-state index is 0.155. The maximum atomic E-state index is 13.1. The molecule has 0 aromatic heterocycles. The summed E-state index contributed by atoms with van der Waals surface area (Å²) in [7, 11) is 0. The summed E-state index contributed by atoms with van der Waals surface area (Å²) in [5, 5.41) is 5.72. The third-order valence-corrected chi connectivity index (χ3v) is 4.13. The molecule has 2 rings (SSSR count). The lowest BCUT2D eigenvalue weighted by atomic mass is 9.96. The molecule has 2 N–H and O–H groups in total. The van der Waals surface area contributed by atoms with Crippen molar-refractivity contribution in [1.29, 1.82) is 0 Å². The number of halogens is 1. The fraction of sp³-hybridized carbons (Fsp3) is 0.333. The predicted octanol–water partition coefficient (Wildman–Crippen LogP) is 3.77. The molecule has 1 atom stereocenters. The summed E-state index contributed by atoms with van der Waals surface area (Å²) >= 11 is 0. The third kappa shape index (κ3) is 5.69. The first kappa shape index (κ1) is 19.6. The molecule has 0 aliphatic heterocycles. The van der Waals surface area contributed by atoms with Crippen molar-refractivity contribution >= 4 is 11.8 Å². The molecule has 2 aromatic rings. The monoisotopic (exact) mass is 356 g/mol. The Kier molecular flexibility index (Phi) is 6.89. The fourth-order valence-electron chi connectivity index (χ4n) is 2.73. The Morgan fingerprint density at radius 2 is 1.77 bits per heavy atom. The summed E-state index contributed by atoms with van der Waals surface area (Å²) in [4.78, 5) is 24.3. The van der Waals surface area contributed by atoms with Crippen molar-refractivity contribution in [3.8, 4) is 0 Å². The van der Waals surface area contributed by atoms with Crippen LogP contribution in [0.1, 0.15) is 47.8 Å². The van der Waals surface area contributed by atoms with Crippen LogP contribution in [-0.2, 0) is 4.79 Å². The Hall–Kier alpha value is -2.69. The van der Waals surface area contributed by atoms with E-state index in [0.717, 1.165) is 11.1 Å². The minimum atomic E-state index is -0.304. The van der Waals surface area contributed by atoms with Crippen molar-refractivity contribution in [2.45, 2.75) is 33.2 Å². The maximum absolute atomic E-state index is 13.1. The number of benzene rings is 2. The summed E-state index contributed by atoms with van der Waals surface area (Å²) in [5.74, 6) is -0.495. The molecule has 0 saturated heterocycles. The molecule has 0 bridgehead atoms. The molecular weight excluding hydrogens is 331 g/mol. The van der Waals surface area contributed by atoms with Crippen LogP contribution < -0.4 is 10.6 Å². The number of nitrogens with one attached hydrogen (secondary N) is 2. The summed E-state index contributed by atoms with van der Waals surface area (Å²) < 4.78 is 13.1. The van der Waals surface area contributed by atoms with Gasteiger partial charge in [-0.05, 0) is 42.7 Å². The van der Waals surface area contributed by atoms with E-state index < -0.39 is 0 Å². The number of carbonyl (C=O) groups excluding carboxylic acids is 2. The Balaban J connectivity index is 1.86. The van der Waals surface area contributed by atoms with E-state index in [-0.39, 0.29) is 42.6 Å². The molecule has 2 amide bonds. The number of aryl methyl sites for hydroxylation is 1. The molecule has 138 valence electrons. The van der Waals surface area contributed by atoms with Crippen molar-refractivity contribution in [3.05, 3.63) is 71.0 Å². The summed E-state index contributed by atoms with van der Waals surface area (Å²) in [6.45, 7) is 6.17. The lowest BCUT2D eigenvalue weighted by Gasteiger charge is -2.23. The average Bonchev–Trinajstić information content (AvgIpc) is 2.60. The van der Waals surface area contributed by atoms with Crippen molar-refractivity contribution in [1.82, 2.24) is 10.6 Å². The number of carbonyl (C=O) groups is 2. The van der Waals surface area contributed by atoms with Crippen LogP contribution in [0.25, 0.3) is 0 Å². The Morgan fingerprint density at radius 3 is 2.38 bits per heavy atom. The van der Waals surface area contributed by atoms with E-state index in [1.165, 1.54) is 12.1 Å². The van der Waals surface area contributed by atoms with Gasteiger partial charge in [0.2, 0.25) is 5.91 Å². The molecule has 0 spiro atoms. The van der Waals surface area contributed by atoms with Crippen LogP contribution >= 0.6 is 0 Å². The van der Waals surface area contributed by atoms with Crippen molar-refractivity contribution < 1.29 is 14.0 Å². The van der Waals surface area contributed by atoms with Crippen LogP contribution in [0.15, 0.2) is 48.5 Å². The number of hydrogen-bond donors (Lipinski definition) is 2. The van der Waals surface area contributed by atoms with Gasteiger partial charge >= 0.3 is 0 Å². The quantitative estimate of drug-likeness (QED) is 0.793. The van der Waals surface area contributed by atoms with E-state index in [4.69, 9.17) is 0 Å². The fourth-order valence-corrected chi connectivity index (χ4v) is 2.73. The number of rotatable bonds is 7. The third-order valence-electron chi connectivity index (χ3n) is 4.13. The highest BCUT2D eigenvalue weighted by Crippen LogP contribution is 2.22. The molecule has 1 unspecified atom stereocenters. The Morgan fingerprint density at radius 1 is 1.08 bits per heavy atom. The van der Waals surface area contributed by atoms with Crippen LogP contribution in [-0.4, -0.2) is 18.4 Å². The van der Waals surface area contributed by atoms with E-state index in [1.54, 1.807) is 24.3 Å². The van der Waals surface area contributed by atoms with Gasteiger partial charge in [-0.2, -0.15) is 0 Å². The van der Waals surface area contributed by atoms with Crippen molar-refractivity contribution in [2.24, 2.45) is 5.92 Å². The highest BCUT2D eigenvalue weighted by Gasteiger charge is 2.18. The molecule has 0 aliphatic rings. The zero-order chi connectivity index (χ0) is 19.1. The zero-order valence-corrected chi connectivity index (χ0v) is 15.4. The van der Waals surface area contributed by atoms with E-state index in [9.17, 15) is 14.0 Å². The first-order chi connectivity index (χ1) is 12.4. The minimum Gasteiger partial charge on any atom is -0.352 e. The molecule has 0 radical (unpaired) electrons. The summed E-state index contributed by atoms with van der Waals surface area (Å²) in [6.07, 6.45) is 0.183. The smallest absolute Gasteiger partial charge is 0.251 e. The van der Waals surface area contributed by atoms with Crippen LogP contribution in [0.4, 0.5) is 4.39 Å². The van der Waals surface area contributed by atoms with E-state index in [1.807, 2.05) is 32.9 Å². The first-order valence-corrected chi connectivity index (χ1v) is 8.76. The van der Waals surface area contributed by atoms with Crippen molar-refractivity contribution in [2.75, 3.05) is 6.54 Å². The molecular formula is C21H25FN2O2. The van der Waals surface area contributed by atoms with E-state index in [0.29, 0.717) is 5.56 Å². The van der Waals surface area contributed by atoms with Crippen molar-refractivity contribution in [3.63, 3.8) is 0 Å². The van der Waals surface area contributed by atoms with Gasteiger partial charge in [0.05, 0.1) is 6.04 Å². The molecule has 5 heteroatoms. The zero-order valence-electron chi connectivity index (χ0n) is 15.4. The van der Waals surface area contributed by atoms with E-state index >= 15 is 0 Å². The Labute approximate surface area is 153 Å². The molecule has 4 nitrogen and oxygen atoms in total. The summed E-state index contributed by atoms with van der Waals surface area (Å²) in [5.41, 5.74) is 2.45. The van der Waals surface area contributed by atoms with Gasteiger partial charge in [-0.3, -0.25) is 9.59 Å². The molecule has 0 fully saturated rings. The highest BCUT2D eigenvalue weighted by atomic mass is 19.1. The molecule has 2 aromatic carbocycles. The SMILES string of the molecule is Cc1cccc(C(=O)NCCC(=O)NC(c2ccc(F)cc2)C(C)C)c1. The molecule has 0 saturated carbocycles. The molecule has 0 heterocycles. The van der Waals surface area contributed by atoms with Crippen LogP contribution in [0.5, 0.6) is 0 Å². The largest absolute Gasteiger partial charge is 0.352 e. The second-order valence-electron chi connectivity index (χ2n) is 6.72. The topological polar surface area (TPSA) is 58.2 Å². The van der Waals surface area contributed by atoms with Crippen LogP contribution in [0, 0.1) is 18.7 Å². The number of hydrogen-bond acceptors (Lipinski definition) is 2. The average molecular weight is 356 g/mol. The predicted molar refractivity (Wildman–Crippen MR) is 100 cm³/mol. The lowest BCUT2D eigenvalue weighted by Crippen LogP contribution is -2.34. The van der Waals surface area contributed by atoms with Gasteiger partial charge in [-0.25, -0.2) is 4.39 Å². The first-order valence-electron chi connectivity index (χ1n) is 8.76. The highest BCUT2D eigenvalue weighted by molar-refractivity contribution is 5.94. The van der Waals surface area contributed by atoms with Gasteiger partial charge < -0.3 is 10.6 Å². The normalized spacial score (nSPS) is 11.9. The van der Waals surface area contributed by atoms with Crippen LogP contribution in [0.3, 0.4) is 0 Å².